The predicted octanol–water partition coefficient (Wildman–Crippen LogP) is 1.59. The molecule has 0 atom stereocenters. The highest BCUT2D eigenvalue weighted by molar-refractivity contribution is 6.29. The van der Waals surface area contributed by atoms with Crippen molar-refractivity contribution in [2.45, 2.75) is 18.3 Å². The van der Waals surface area contributed by atoms with Crippen molar-refractivity contribution in [2.24, 2.45) is 0 Å². The maximum absolute atomic E-state index is 11.7. The first kappa shape index (κ1) is 10.5. The van der Waals surface area contributed by atoms with Crippen molar-refractivity contribution in [3.05, 3.63) is 29.2 Å². The number of rotatable bonds is 2. The van der Waals surface area contributed by atoms with Gasteiger partial charge in [-0.15, -0.1) is 0 Å². The minimum atomic E-state index is -0.561. The van der Waals surface area contributed by atoms with E-state index < -0.39 is 5.41 Å². The molecule has 1 saturated carbocycles. The van der Waals surface area contributed by atoms with Gasteiger partial charge in [-0.1, -0.05) is 11.6 Å². The van der Waals surface area contributed by atoms with Gasteiger partial charge >= 0.3 is 5.97 Å². The van der Waals surface area contributed by atoms with Crippen LogP contribution in [0.3, 0.4) is 0 Å². The molecule has 1 fully saturated rings. The SMILES string of the molecule is COC(=O)C1(c2cn3nc(Cl)ccc3n2)CC1. The van der Waals surface area contributed by atoms with Crippen LogP contribution in [0.1, 0.15) is 18.5 Å². The van der Waals surface area contributed by atoms with E-state index in [2.05, 4.69) is 10.1 Å². The molecular weight excluding hydrogens is 242 g/mol. The highest BCUT2D eigenvalue weighted by atomic mass is 35.5. The first-order valence-corrected chi connectivity index (χ1v) is 5.64. The van der Waals surface area contributed by atoms with Gasteiger partial charge in [0.05, 0.1) is 19.0 Å². The largest absolute Gasteiger partial charge is 0.468 e. The first-order valence-electron chi connectivity index (χ1n) is 5.26. The number of ether oxygens (including phenoxy) is 1. The van der Waals surface area contributed by atoms with Crippen molar-refractivity contribution in [1.29, 1.82) is 0 Å². The molecule has 1 aliphatic carbocycles. The maximum atomic E-state index is 11.7. The summed E-state index contributed by atoms with van der Waals surface area (Å²) < 4.78 is 6.40. The number of hydrogen-bond donors (Lipinski definition) is 0. The smallest absolute Gasteiger partial charge is 0.317 e. The predicted molar refractivity (Wildman–Crippen MR) is 60.9 cm³/mol. The van der Waals surface area contributed by atoms with E-state index >= 15 is 0 Å². The van der Waals surface area contributed by atoms with Gasteiger partial charge in [-0.2, -0.15) is 5.10 Å². The summed E-state index contributed by atoms with van der Waals surface area (Å²) in [5.74, 6) is -0.230. The van der Waals surface area contributed by atoms with Crippen LogP contribution in [-0.2, 0) is 14.9 Å². The highest BCUT2D eigenvalue weighted by Gasteiger charge is 2.54. The van der Waals surface area contributed by atoms with Gasteiger partial charge in [-0.05, 0) is 25.0 Å². The Morgan fingerprint density at radius 3 is 2.94 bits per heavy atom. The summed E-state index contributed by atoms with van der Waals surface area (Å²) in [6.07, 6.45) is 3.29. The number of nitrogens with zero attached hydrogens (tertiary/aromatic N) is 3. The standard InChI is InChI=1S/C11H10ClN3O2/c1-17-10(16)11(4-5-11)7-6-15-9(13-7)3-2-8(12)14-15/h2-3,6H,4-5H2,1H3. The van der Waals surface area contributed by atoms with E-state index in [-0.39, 0.29) is 5.97 Å². The Morgan fingerprint density at radius 2 is 2.29 bits per heavy atom. The van der Waals surface area contributed by atoms with Crippen LogP contribution in [0.25, 0.3) is 5.65 Å². The molecule has 2 aromatic heterocycles. The summed E-state index contributed by atoms with van der Waals surface area (Å²) in [6, 6.07) is 3.44. The Bertz CT molecular complexity index is 604. The monoisotopic (exact) mass is 251 g/mol. The normalized spacial score (nSPS) is 17.1. The van der Waals surface area contributed by atoms with Crippen LogP contribution in [0.5, 0.6) is 0 Å². The van der Waals surface area contributed by atoms with Gasteiger partial charge in [0, 0.05) is 0 Å². The molecule has 17 heavy (non-hydrogen) atoms. The molecule has 5 nitrogen and oxygen atoms in total. The molecule has 0 aromatic carbocycles. The zero-order chi connectivity index (χ0) is 12.0. The van der Waals surface area contributed by atoms with Crippen molar-refractivity contribution in [3.8, 4) is 0 Å². The average molecular weight is 252 g/mol. The third kappa shape index (κ3) is 1.50. The first-order chi connectivity index (χ1) is 8.15. The molecular formula is C11H10ClN3O2. The van der Waals surface area contributed by atoms with E-state index in [1.165, 1.54) is 7.11 Å². The zero-order valence-corrected chi connectivity index (χ0v) is 9.94. The third-order valence-corrected chi connectivity index (χ3v) is 3.31. The van der Waals surface area contributed by atoms with Gasteiger partial charge in [0.25, 0.3) is 0 Å². The lowest BCUT2D eigenvalue weighted by Crippen LogP contribution is -2.22. The number of fused-ring (bicyclic) bond motifs is 1. The van der Waals surface area contributed by atoms with Gasteiger partial charge < -0.3 is 4.74 Å². The molecule has 0 spiro atoms. The fraction of sp³-hybridized carbons (Fsp3) is 0.364. The van der Waals surface area contributed by atoms with Crippen LogP contribution in [0, 0.1) is 0 Å². The number of aromatic nitrogens is 3. The Morgan fingerprint density at radius 1 is 1.53 bits per heavy atom. The Kier molecular flexibility index (Phi) is 2.13. The van der Waals surface area contributed by atoms with E-state index in [4.69, 9.17) is 16.3 Å². The molecule has 2 aromatic rings. The number of carbonyl (C=O) groups excluding carboxylic acids is 1. The molecule has 3 rings (SSSR count). The number of esters is 1. The van der Waals surface area contributed by atoms with Gasteiger partial charge in [0.2, 0.25) is 0 Å². The van der Waals surface area contributed by atoms with E-state index in [1.807, 2.05) is 0 Å². The topological polar surface area (TPSA) is 56.5 Å². The minimum Gasteiger partial charge on any atom is -0.468 e. The molecule has 0 aliphatic heterocycles. The molecule has 0 saturated heterocycles. The molecule has 2 heterocycles. The number of halogens is 1. The molecule has 0 radical (unpaired) electrons. The average Bonchev–Trinajstić information content (AvgIpc) is 3.03. The Hall–Kier alpha value is -1.62. The van der Waals surface area contributed by atoms with Crippen LogP contribution in [0.15, 0.2) is 18.3 Å². The summed E-state index contributed by atoms with van der Waals surface area (Å²) in [5.41, 5.74) is 0.827. The van der Waals surface area contributed by atoms with Crippen molar-refractivity contribution in [1.82, 2.24) is 14.6 Å². The van der Waals surface area contributed by atoms with Gasteiger partial charge in [-0.3, -0.25) is 4.79 Å². The van der Waals surface area contributed by atoms with Crippen LogP contribution >= 0.6 is 11.6 Å². The lowest BCUT2D eigenvalue weighted by Gasteiger charge is -2.07. The molecule has 0 amide bonds. The van der Waals surface area contributed by atoms with E-state index in [1.54, 1.807) is 22.8 Å². The van der Waals surface area contributed by atoms with E-state index in [0.717, 1.165) is 12.8 Å². The molecule has 0 unspecified atom stereocenters. The lowest BCUT2D eigenvalue weighted by atomic mass is 10.0. The van der Waals surface area contributed by atoms with Crippen molar-refractivity contribution in [3.63, 3.8) is 0 Å². The summed E-state index contributed by atoms with van der Waals surface area (Å²) in [4.78, 5) is 16.1. The maximum Gasteiger partial charge on any atom is 0.317 e. The fourth-order valence-electron chi connectivity index (χ4n) is 1.97. The number of imidazole rings is 1. The van der Waals surface area contributed by atoms with Gasteiger partial charge in [-0.25, -0.2) is 9.50 Å². The van der Waals surface area contributed by atoms with Gasteiger partial charge in [0.15, 0.2) is 5.65 Å². The van der Waals surface area contributed by atoms with Crippen LogP contribution in [-0.4, -0.2) is 27.7 Å². The van der Waals surface area contributed by atoms with Crippen molar-refractivity contribution in [2.75, 3.05) is 7.11 Å². The second-order valence-corrected chi connectivity index (χ2v) is 4.55. The van der Waals surface area contributed by atoms with Crippen LogP contribution in [0.4, 0.5) is 0 Å². The second kappa shape index (κ2) is 3.43. The Balaban J connectivity index is 2.10. The summed E-state index contributed by atoms with van der Waals surface area (Å²) in [6.45, 7) is 0. The number of hydrogen-bond acceptors (Lipinski definition) is 4. The van der Waals surface area contributed by atoms with Gasteiger partial charge in [0.1, 0.15) is 10.6 Å². The highest BCUT2D eigenvalue weighted by Crippen LogP contribution is 2.48. The summed E-state index contributed by atoms with van der Waals surface area (Å²) >= 11 is 5.80. The van der Waals surface area contributed by atoms with Crippen molar-refractivity contribution < 1.29 is 9.53 Å². The number of carbonyl (C=O) groups is 1. The molecule has 88 valence electrons. The molecule has 0 bridgehead atoms. The third-order valence-electron chi connectivity index (χ3n) is 3.10. The van der Waals surface area contributed by atoms with Crippen molar-refractivity contribution >= 4 is 23.2 Å². The Labute approximate surface area is 102 Å². The molecule has 1 aliphatic rings. The second-order valence-electron chi connectivity index (χ2n) is 4.16. The minimum absolute atomic E-state index is 0.230. The zero-order valence-electron chi connectivity index (χ0n) is 9.18. The quantitative estimate of drug-likeness (QED) is 0.761. The summed E-state index contributed by atoms with van der Waals surface area (Å²) in [5, 5.41) is 4.48. The summed E-state index contributed by atoms with van der Waals surface area (Å²) in [7, 11) is 1.40. The number of methoxy groups -OCH3 is 1. The molecule has 6 heteroatoms. The van der Waals surface area contributed by atoms with E-state index in [9.17, 15) is 4.79 Å². The fourth-order valence-corrected chi connectivity index (χ4v) is 2.12. The van der Waals surface area contributed by atoms with Crippen LogP contribution in [0.2, 0.25) is 5.15 Å². The van der Waals surface area contributed by atoms with E-state index in [0.29, 0.717) is 16.5 Å². The molecule has 0 N–H and O–H groups in total. The van der Waals surface area contributed by atoms with Crippen LogP contribution < -0.4 is 0 Å². The lowest BCUT2D eigenvalue weighted by molar-refractivity contribution is -0.143.